The minimum Gasteiger partial charge on any atom is -0.310 e. The van der Waals surface area contributed by atoms with Crippen LogP contribution in [0.3, 0.4) is 0 Å². The highest BCUT2D eigenvalue weighted by Crippen LogP contribution is 2.56. The molecule has 0 aliphatic heterocycles. The van der Waals surface area contributed by atoms with Gasteiger partial charge >= 0.3 is 0 Å². The molecule has 2 aliphatic rings. The molecule has 1 aromatic carbocycles. The number of fused-ring (bicyclic) bond motifs is 1. The maximum absolute atomic E-state index is 3.67. The van der Waals surface area contributed by atoms with Gasteiger partial charge in [0, 0.05) is 5.54 Å². The van der Waals surface area contributed by atoms with Crippen LogP contribution in [-0.2, 0) is 12.0 Å². The standard InChI is InChI=1S/C16H23N/c1-15(17-2)14-8-4-3-7-13(14)9-12-16(15)10-5-6-11-16/h3-4,7-8,17H,5-6,9-12H2,1-2H3/t15-/m0/s1. The Morgan fingerprint density at radius 1 is 1.06 bits per heavy atom. The molecule has 1 saturated carbocycles. The van der Waals surface area contributed by atoms with Crippen molar-refractivity contribution in [2.75, 3.05) is 7.05 Å². The normalized spacial score (nSPS) is 30.5. The zero-order chi connectivity index (χ0) is 11.9. The maximum Gasteiger partial charge on any atom is 0.0463 e. The van der Waals surface area contributed by atoms with Crippen LogP contribution in [0, 0.1) is 5.41 Å². The summed E-state index contributed by atoms with van der Waals surface area (Å²) in [6.45, 7) is 2.43. The molecule has 1 aromatic rings. The zero-order valence-corrected chi connectivity index (χ0v) is 11.1. The van der Waals surface area contributed by atoms with Crippen molar-refractivity contribution in [3.63, 3.8) is 0 Å². The zero-order valence-electron chi connectivity index (χ0n) is 11.1. The van der Waals surface area contributed by atoms with Crippen LogP contribution in [0.2, 0.25) is 0 Å². The van der Waals surface area contributed by atoms with Crippen molar-refractivity contribution in [2.45, 2.75) is 51.0 Å². The summed E-state index contributed by atoms with van der Waals surface area (Å²) in [5.74, 6) is 0. The molecule has 17 heavy (non-hydrogen) atoms. The Morgan fingerprint density at radius 2 is 1.76 bits per heavy atom. The third kappa shape index (κ3) is 1.41. The van der Waals surface area contributed by atoms with Crippen LogP contribution >= 0.6 is 0 Å². The molecule has 92 valence electrons. The lowest BCUT2D eigenvalue weighted by molar-refractivity contribution is 0.0825. The van der Waals surface area contributed by atoms with Gasteiger partial charge < -0.3 is 5.32 Å². The van der Waals surface area contributed by atoms with E-state index in [1.807, 2.05) is 0 Å². The number of benzene rings is 1. The second kappa shape index (κ2) is 3.84. The molecule has 1 atom stereocenters. The van der Waals surface area contributed by atoms with Crippen LogP contribution in [0.5, 0.6) is 0 Å². The van der Waals surface area contributed by atoms with E-state index in [4.69, 9.17) is 0 Å². The first-order chi connectivity index (χ1) is 8.22. The molecule has 1 N–H and O–H groups in total. The largest absolute Gasteiger partial charge is 0.310 e. The number of rotatable bonds is 1. The fraction of sp³-hybridized carbons (Fsp3) is 0.625. The number of hydrogen-bond donors (Lipinski definition) is 1. The third-order valence-electron chi connectivity index (χ3n) is 5.55. The minimum absolute atomic E-state index is 0.179. The SMILES string of the molecule is CN[C@@]1(C)c2ccccc2CCC12CCCC2. The number of hydrogen-bond acceptors (Lipinski definition) is 1. The van der Waals surface area contributed by atoms with Crippen LogP contribution in [0.15, 0.2) is 24.3 Å². The minimum atomic E-state index is 0.179. The van der Waals surface area contributed by atoms with E-state index in [-0.39, 0.29) is 5.54 Å². The lowest BCUT2D eigenvalue weighted by atomic mass is 9.58. The van der Waals surface area contributed by atoms with E-state index in [0.717, 1.165) is 0 Å². The highest BCUT2D eigenvalue weighted by Gasteiger charge is 2.52. The first-order valence-electron chi connectivity index (χ1n) is 6.99. The second-order valence-electron chi connectivity index (χ2n) is 6.02. The topological polar surface area (TPSA) is 12.0 Å². The molecule has 0 unspecified atom stereocenters. The summed E-state index contributed by atoms with van der Waals surface area (Å²) in [7, 11) is 2.14. The van der Waals surface area contributed by atoms with Crippen molar-refractivity contribution in [3.05, 3.63) is 35.4 Å². The van der Waals surface area contributed by atoms with Crippen molar-refractivity contribution in [1.29, 1.82) is 0 Å². The fourth-order valence-electron chi connectivity index (χ4n) is 4.34. The van der Waals surface area contributed by atoms with Crippen LogP contribution in [0.25, 0.3) is 0 Å². The summed E-state index contributed by atoms with van der Waals surface area (Å²) in [5, 5.41) is 3.67. The van der Waals surface area contributed by atoms with E-state index in [2.05, 4.69) is 43.6 Å². The van der Waals surface area contributed by atoms with Crippen LogP contribution in [0.1, 0.15) is 50.2 Å². The molecule has 0 amide bonds. The molecule has 1 fully saturated rings. The van der Waals surface area contributed by atoms with E-state index in [9.17, 15) is 0 Å². The highest BCUT2D eigenvalue weighted by molar-refractivity contribution is 5.38. The highest BCUT2D eigenvalue weighted by atomic mass is 15.0. The van der Waals surface area contributed by atoms with Gasteiger partial charge in [-0.25, -0.2) is 0 Å². The Labute approximate surface area is 105 Å². The van der Waals surface area contributed by atoms with Crippen LogP contribution in [-0.4, -0.2) is 7.05 Å². The fourth-order valence-corrected chi connectivity index (χ4v) is 4.34. The first kappa shape index (κ1) is 11.3. The van der Waals surface area contributed by atoms with Gasteiger partial charge in [0.2, 0.25) is 0 Å². The van der Waals surface area contributed by atoms with Gasteiger partial charge in [-0.1, -0.05) is 37.1 Å². The Bertz CT molecular complexity index is 417. The van der Waals surface area contributed by atoms with Crippen LogP contribution in [0.4, 0.5) is 0 Å². The molecule has 0 bridgehead atoms. The molecule has 2 aliphatic carbocycles. The van der Waals surface area contributed by atoms with Gasteiger partial charge in [-0.05, 0) is 56.2 Å². The summed E-state index contributed by atoms with van der Waals surface area (Å²) < 4.78 is 0. The third-order valence-corrected chi connectivity index (χ3v) is 5.55. The molecule has 1 heteroatoms. The predicted octanol–water partition coefficient (Wildman–Crippen LogP) is 3.63. The summed E-state index contributed by atoms with van der Waals surface area (Å²) in [5.41, 5.74) is 3.80. The molecule has 3 rings (SSSR count). The van der Waals surface area contributed by atoms with E-state index in [1.54, 1.807) is 11.1 Å². The molecular weight excluding hydrogens is 206 g/mol. The van der Waals surface area contributed by atoms with Gasteiger partial charge in [0.15, 0.2) is 0 Å². The van der Waals surface area contributed by atoms with Crippen LogP contribution < -0.4 is 5.32 Å². The summed E-state index contributed by atoms with van der Waals surface area (Å²) in [6.07, 6.45) is 8.27. The summed E-state index contributed by atoms with van der Waals surface area (Å²) in [6, 6.07) is 9.03. The lowest BCUT2D eigenvalue weighted by Gasteiger charge is -2.51. The average Bonchev–Trinajstić information content (AvgIpc) is 2.85. The van der Waals surface area contributed by atoms with Gasteiger partial charge in [0.1, 0.15) is 0 Å². The van der Waals surface area contributed by atoms with Gasteiger partial charge in [-0.15, -0.1) is 0 Å². The monoisotopic (exact) mass is 229 g/mol. The molecular formula is C16H23N. The molecule has 0 heterocycles. The predicted molar refractivity (Wildman–Crippen MR) is 72.1 cm³/mol. The summed E-state index contributed by atoms with van der Waals surface area (Å²) in [4.78, 5) is 0. The lowest BCUT2D eigenvalue weighted by Crippen LogP contribution is -2.53. The molecule has 0 aromatic heterocycles. The number of aryl methyl sites for hydroxylation is 1. The van der Waals surface area contributed by atoms with E-state index < -0.39 is 0 Å². The quantitative estimate of drug-likeness (QED) is 0.775. The van der Waals surface area contributed by atoms with E-state index >= 15 is 0 Å². The van der Waals surface area contributed by atoms with Crippen molar-refractivity contribution in [3.8, 4) is 0 Å². The van der Waals surface area contributed by atoms with E-state index in [1.165, 1.54) is 38.5 Å². The Hall–Kier alpha value is -0.820. The van der Waals surface area contributed by atoms with Crippen molar-refractivity contribution < 1.29 is 0 Å². The summed E-state index contributed by atoms with van der Waals surface area (Å²) >= 11 is 0. The number of nitrogens with one attached hydrogen (secondary N) is 1. The maximum atomic E-state index is 3.67. The Balaban J connectivity index is 2.13. The first-order valence-corrected chi connectivity index (χ1v) is 6.99. The Morgan fingerprint density at radius 3 is 2.47 bits per heavy atom. The molecule has 0 saturated heterocycles. The van der Waals surface area contributed by atoms with Gasteiger partial charge in [-0.3, -0.25) is 0 Å². The molecule has 1 nitrogen and oxygen atoms in total. The van der Waals surface area contributed by atoms with Gasteiger partial charge in [-0.2, -0.15) is 0 Å². The Kier molecular flexibility index (Phi) is 2.55. The second-order valence-corrected chi connectivity index (χ2v) is 6.02. The van der Waals surface area contributed by atoms with Gasteiger partial charge in [0.05, 0.1) is 0 Å². The van der Waals surface area contributed by atoms with Crippen molar-refractivity contribution in [2.24, 2.45) is 5.41 Å². The van der Waals surface area contributed by atoms with Gasteiger partial charge in [0.25, 0.3) is 0 Å². The average molecular weight is 229 g/mol. The smallest absolute Gasteiger partial charge is 0.0463 e. The molecule has 0 radical (unpaired) electrons. The molecule has 1 spiro atoms. The van der Waals surface area contributed by atoms with E-state index in [0.29, 0.717) is 5.41 Å². The van der Waals surface area contributed by atoms with Crippen molar-refractivity contribution in [1.82, 2.24) is 5.32 Å². The van der Waals surface area contributed by atoms with Crippen molar-refractivity contribution >= 4 is 0 Å².